The lowest BCUT2D eigenvalue weighted by molar-refractivity contribution is 0.0725. The molecule has 0 fully saturated rings. The number of aryl methyl sites for hydroxylation is 2. The normalized spacial score (nSPS) is 14.7. The topological polar surface area (TPSA) is 95.1 Å². The lowest BCUT2D eigenvalue weighted by Gasteiger charge is -2.30. The van der Waals surface area contributed by atoms with Crippen LogP contribution in [0, 0.1) is 6.92 Å². The fraction of sp³-hybridized carbons (Fsp3) is 0.296. The molecule has 0 radical (unpaired) electrons. The van der Waals surface area contributed by atoms with Crippen LogP contribution in [0.4, 0.5) is 4.39 Å². The smallest absolute Gasteiger partial charge is 0.254 e. The zero-order chi connectivity index (χ0) is 25.0. The van der Waals surface area contributed by atoms with Crippen molar-refractivity contribution in [2.24, 2.45) is 12.8 Å². The average molecular weight is 487 g/mol. The number of carbonyl (C=O) groups is 1. The Kier molecular flexibility index (Phi) is 5.37. The second kappa shape index (κ2) is 8.60. The van der Waals surface area contributed by atoms with Crippen LogP contribution >= 0.6 is 0 Å². The maximum Gasteiger partial charge on any atom is 0.254 e. The predicted octanol–water partition coefficient (Wildman–Crippen LogP) is 3.83. The third kappa shape index (κ3) is 3.67. The van der Waals surface area contributed by atoms with Crippen molar-refractivity contribution in [3.05, 3.63) is 71.1 Å². The quantitative estimate of drug-likeness (QED) is 0.394. The molecule has 36 heavy (non-hydrogen) atoms. The molecule has 9 heteroatoms. The first-order chi connectivity index (χ1) is 17.4. The van der Waals surface area contributed by atoms with Gasteiger partial charge in [0.25, 0.3) is 5.91 Å². The molecule has 184 valence electrons. The Morgan fingerprint density at radius 1 is 1.17 bits per heavy atom. The standard InChI is InChI=1S/C27H27FN6O2/c1-16-9-20(31-36-16)15-34-23-6-4-3-5-18(23)11-25(34)26-30-22-12-21-17(10-24(22)32(26)2)7-8-33(27(21)35)14-19(29)13-28/h3-6,9-12,19H,7-8,13-15,29H2,1-2H3/t19-/m1/s1. The highest BCUT2D eigenvalue weighted by Crippen LogP contribution is 2.32. The Balaban J connectivity index is 1.46. The summed E-state index contributed by atoms with van der Waals surface area (Å²) in [7, 11) is 2.00. The van der Waals surface area contributed by atoms with Crippen LogP contribution in [0.2, 0.25) is 0 Å². The van der Waals surface area contributed by atoms with E-state index in [-0.39, 0.29) is 12.5 Å². The van der Waals surface area contributed by atoms with Crippen LogP contribution in [-0.2, 0) is 20.0 Å². The average Bonchev–Trinajstić information content (AvgIpc) is 3.55. The number of halogens is 1. The van der Waals surface area contributed by atoms with Crippen molar-refractivity contribution in [3.63, 3.8) is 0 Å². The van der Waals surface area contributed by atoms with E-state index in [4.69, 9.17) is 15.2 Å². The van der Waals surface area contributed by atoms with Crippen LogP contribution in [-0.4, -0.2) is 55.9 Å². The first-order valence-electron chi connectivity index (χ1n) is 12.0. The Labute approximate surface area is 207 Å². The Morgan fingerprint density at radius 3 is 2.78 bits per heavy atom. The van der Waals surface area contributed by atoms with Crippen molar-refractivity contribution in [3.8, 4) is 11.5 Å². The fourth-order valence-electron chi connectivity index (χ4n) is 5.17. The minimum atomic E-state index is -0.670. The first-order valence-corrected chi connectivity index (χ1v) is 12.0. The van der Waals surface area contributed by atoms with Crippen molar-refractivity contribution in [1.29, 1.82) is 0 Å². The number of benzene rings is 2. The molecule has 0 saturated heterocycles. The Hall–Kier alpha value is -3.98. The minimum Gasteiger partial charge on any atom is -0.361 e. The van der Waals surface area contributed by atoms with Crippen LogP contribution < -0.4 is 5.73 Å². The van der Waals surface area contributed by atoms with Crippen LogP contribution in [0.5, 0.6) is 0 Å². The number of nitrogens with two attached hydrogens (primary N) is 1. The third-order valence-electron chi connectivity index (χ3n) is 6.96. The molecule has 0 spiro atoms. The zero-order valence-corrected chi connectivity index (χ0v) is 20.2. The number of amides is 1. The number of aromatic nitrogens is 4. The van der Waals surface area contributed by atoms with Crippen LogP contribution in [0.1, 0.15) is 27.4 Å². The molecular weight excluding hydrogens is 459 g/mol. The molecule has 3 aromatic heterocycles. The molecule has 1 aliphatic heterocycles. The van der Waals surface area contributed by atoms with E-state index in [9.17, 15) is 9.18 Å². The molecule has 1 aliphatic rings. The summed E-state index contributed by atoms with van der Waals surface area (Å²) in [6.45, 7) is 2.51. The number of imidazole rings is 1. The van der Waals surface area contributed by atoms with Gasteiger partial charge in [0.1, 0.15) is 18.1 Å². The van der Waals surface area contributed by atoms with Gasteiger partial charge in [0.2, 0.25) is 0 Å². The maximum atomic E-state index is 13.1. The monoisotopic (exact) mass is 486 g/mol. The first kappa shape index (κ1) is 22.5. The van der Waals surface area contributed by atoms with E-state index in [1.165, 1.54) is 0 Å². The third-order valence-corrected chi connectivity index (χ3v) is 6.96. The van der Waals surface area contributed by atoms with E-state index in [1.807, 2.05) is 38.2 Å². The molecule has 6 rings (SSSR count). The van der Waals surface area contributed by atoms with Crippen molar-refractivity contribution in [1.82, 2.24) is 24.2 Å². The van der Waals surface area contributed by atoms with Crippen LogP contribution in [0.25, 0.3) is 33.5 Å². The van der Waals surface area contributed by atoms with Crippen molar-refractivity contribution in [2.45, 2.75) is 25.9 Å². The van der Waals surface area contributed by atoms with Crippen molar-refractivity contribution < 1.29 is 13.7 Å². The molecule has 1 atom stereocenters. The van der Waals surface area contributed by atoms with Crippen molar-refractivity contribution >= 4 is 27.8 Å². The zero-order valence-electron chi connectivity index (χ0n) is 20.2. The molecule has 0 aliphatic carbocycles. The van der Waals surface area contributed by atoms with Gasteiger partial charge in [0, 0.05) is 42.7 Å². The van der Waals surface area contributed by atoms with E-state index in [0.717, 1.165) is 50.5 Å². The van der Waals surface area contributed by atoms with Gasteiger partial charge in [-0.2, -0.15) is 0 Å². The molecular formula is C27H27FN6O2. The lowest BCUT2D eigenvalue weighted by atomic mass is 9.97. The summed E-state index contributed by atoms with van der Waals surface area (Å²) in [6.07, 6.45) is 0.697. The van der Waals surface area contributed by atoms with Gasteiger partial charge in [0.05, 0.1) is 29.3 Å². The molecule has 0 bridgehead atoms. The van der Waals surface area contributed by atoms with Gasteiger partial charge in [0.15, 0.2) is 5.82 Å². The summed E-state index contributed by atoms with van der Waals surface area (Å²) in [6, 6.07) is 15.5. The summed E-state index contributed by atoms with van der Waals surface area (Å²) in [5.41, 5.74) is 11.9. The molecule has 0 unspecified atom stereocenters. The molecule has 0 saturated carbocycles. The van der Waals surface area contributed by atoms with Gasteiger partial charge < -0.3 is 24.3 Å². The highest BCUT2D eigenvalue weighted by molar-refractivity contribution is 6.00. The summed E-state index contributed by atoms with van der Waals surface area (Å²) in [5, 5.41) is 5.30. The maximum absolute atomic E-state index is 13.1. The van der Waals surface area contributed by atoms with E-state index < -0.39 is 12.7 Å². The number of alkyl halides is 1. The second-order valence-corrected chi connectivity index (χ2v) is 9.51. The molecule has 1 amide bonds. The summed E-state index contributed by atoms with van der Waals surface area (Å²) < 4.78 is 22.5. The molecule has 8 nitrogen and oxygen atoms in total. The van der Waals surface area contributed by atoms with Gasteiger partial charge in [-0.15, -0.1) is 0 Å². The van der Waals surface area contributed by atoms with E-state index in [2.05, 4.69) is 38.6 Å². The number of hydrogen-bond acceptors (Lipinski definition) is 5. The van der Waals surface area contributed by atoms with E-state index in [1.54, 1.807) is 4.90 Å². The lowest BCUT2D eigenvalue weighted by Crippen LogP contribution is -2.45. The second-order valence-electron chi connectivity index (χ2n) is 9.51. The predicted molar refractivity (Wildman–Crippen MR) is 136 cm³/mol. The summed E-state index contributed by atoms with van der Waals surface area (Å²) in [5.74, 6) is 1.44. The number of para-hydroxylation sites is 1. The van der Waals surface area contributed by atoms with Gasteiger partial charge in [-0.05, 0) is 43.2 Å². The van der Waals surface area contributed by atoms with E-state index in [0.29, 0.717) is 25.1 Å². The molecule has 2 aromatic carbocycles. The number of fused-ring (bicyclic) bond motifs is 3. The largest absolute Gasteiger partial charge is 0.361 e. The summed E-state index contributed by atoms with van der Waals surface area (Å²) in [4.78, 5) is 19.8. The van der Waals surface area contributed by atoms with Gasteiger partial charge in [-0.1, -0.05) is 23.4 Å². The Morgan fingerprint density at radius 2 is 2.00 bits per heavy atom. The highest BCUT2D eigenvalue weighted by atomic mass is 19.1. The van der Waals surface area contributed by atoms with Crippen LogP contribution in [0.15, 0.2) is 53.1 Å². The SMILES string of the molecule is Cc1cc(Cn2c(-c3nc4cc5c(cc4n3C)CCN(C[C@H](N)CF)C5=O)cc3ccccc32)no1. The highest BCUT2D eigenvalue weighted by Gasteiger charge is 2.27. The molecule has 5 aromatic rings. The van der Waals surface area contributed by atoms with Gasteiger partial charge in [-0.25, -0.2) is 9.37 Å². The van der Waals surface area contributed by atoms with Gasteiger partial charge >= 0.3 is 0 Å². The summed E-state index contributed by atoms with van der Waals surface area (Å²) >= 11 is 0. The Bertz CT molecular complexity index is 1610. The van der Waals surface area contributed by atoms with Crippen LogP contribution in [0.3, 0.4) is 0 Å². The minimum absolute atomic E-state index is 0.121. The number of nitrogens with zero attached hydrogens (tertiary/aromatic N) is 5. The molecule has 4 heterocycles. The molecule has 2 N–H and O–H groups in total. The van der Waals surface area contributed by atoms with Crippen molar-refractivity contribution in [2.75, 3.05) is 19.8 Å². The fourth-order valence-corrected chi connectivity index (χ4v) is 5.17. The van der Waals surface area contributed by atoms with E-state index >= 15 is 0 Å². The number of carbonyl (C=O) groups excluding carboxylic acids is 1. The number of rotatable bonds is 6. The van der Waals surface area contributed by atoms with Gasteiger partial charge in [-0.3, -0.25) is 4.79 Å². The number of hydrogen-bond donors (Lipinski definition) is 1.